The van der Waals surface area contributed by atoms with Crippen molar-refractivity contribution in [3.8, 4) is 0 Å². The van der Waals surface area contributed by atoms with Gasteiger partial charge >= 0.3 is 0 Å². The Kier molecular flexibility index (Phi) is 3.77. The van der Waals surface area contributed by atoms with Crippen molar-refractivity contribution in [1.29, 1.82) is 0 Å². The summed E-state index contributed by atoms with van der Waals surface area (Å²) < 4.78 is 38.8. The molecule has 0 unspecified atom stereocenters. The number of hydrogen-bond acceptors (Lipinski definition) is 3. The molecule has 0 amide bonds. The molecule has 0 aliphatic carbocycles. The fraction of sp³-hybridized carbons (Fsp3) is 0.417. The zero-order valence-electron chi connectivity index (χ0n) is 9.75. The van der Waals surface area contributed by atoms with E-state index in [1.165, 1.54) is 22.5 Å². The summed E-state index contributed by atoms with van der Waals surface area (Å²) in [5.41, 5.74) is 0. The summed E-state index contributed by atoms with van der Waals surface area (Å²) in [7, 11) is -3.64. The number of nitrogens with zero attached hydrogens (tertiary/aromatic N) is 1. The van der Waals surface area contributed by atoms with E-state index in [0.717, 1.165) is 12.4 Å². The van der Waals surface area contributed by atoms with Gasteiger partial charge in [-0.05, 0) is 31.0 Å². The zero-order chi connectivity index (χ0) is 13.2. The van der Waals surface area contributed by atoms with Crippen LogP contribution in [0.5, 0.6) is 0 Å². The third-order valence-corrected chi connectivity index (χ3v) is 5.02. The lowest BCUT2D eigenvalue weighted by molar-refractivity contribution is -0.112. The number of rotatable bonds is 3. The Balaban J connectivity index is 2.20. The summed E-state index contributed by atoms with van der Waals surface area (Å²) in [5.74, 6) is -0.636. The standard InChI is InChI=1S/C12H14FNO3S/c13-11-2-1-3-12(8-11)18(16,17)14-6-4-10(9-15)5-7-14/h1-3,8-10H,4-7H2. The second-order valence-electron chi connectivity index (χ2n) is 4.33. The third-order valence-electron chi connectivity index (χ3n) is 3.12. The lowest BCUT2D eigenvalue weighted by atomic mass is 10.0. The van der Waals surface area contributed by atoms with Gasteiger partial charge in [-0.25, -0.2) is 12.8 Å². The fourth-order valence-corrected chi connectivity index (χ4v) is 3.53. The van der Waals surface area contributed by atoms with Gasteiger partial charge in [0, 0.05) is 19.0 Å². The molecule has 0 saturated carbocycles. The predicted octanol–water partition coefficient (Wildman–Crippen LogP) is 1.43. The smallest absolute Gasteiger partial charge is 0.243 e. The summed E-state index contributed by atoms with van der Waals surface area (Å²) in [6.45, 7) is 0.616. The van der Waals surface area contributed by atoms with E-state index in [1.807, 2.05) is 0 Å². The van der Waals surface area contributed by atoms with Crippen LogP contribution in [0.25, 0.3) is 0 Å². The summed E-state index contributed by atoms with van der Waals surface area (Å²) in [6, 6.07) is 4.98. The van der Waals surface area contributed by atoms with Crippen LogP contribution in [0, 0.1) is 11.7 Å². The summed E-state index contributed by atoms with van der Waals surface area (Å²) in [5, 5.41) is 0. The van der Waals surface area contributed by atoms with Crippen LogP contribution in [0.3, 0.4) is 0 Å². The van der Waals surface area contributed by atoms with Gasteiger partial charge in [-0.3, -0.25) is 0 Å². The van der Waals surface area contributed by atoms with Crippen LogP contribution < -0.4 is 0 Å². The molecule has 1 aliphatic heterocycles. The number of sulfonamides is 1. The van der Waals surface area contributed by atoms with Crippen molar-refractivity contribution in [2.24, 2.45) is 5.92 Å². The van der Waals surface area contributed by atoms with Gasteiger partial charge < -0.3 is 4.79 Å². The minimum Gasteiger partial charge on any atom is -0.303 e. The molecule has 0 atom stereocenters. The van der Waals surface area contributed by atoms with Crippen molar-refractivity contribution < 1.29 is 17.6 Å². The Bertz CT molecular complexity index is 536. The number of benzene rings is 1. The van der Waals surface area contributed by atoms with E-state index >= 15 is 0 Å². The van der Waals surface area contributed by atoms with Crippen molar-refractivity contribution in [3.05, 3.63) is 30.1 Å². The van der Waals surface area contributed by atoms with Crippen molar-refractivity contribution in [3.63, 3.8) is 0 Å². The maximum atomic E-state index is 13.1. The Morgan fingerprint density at radius 1 is 1.28 bits per heavy atom. The minimum atomic E-state index is -3.64. The SMILES string of the molecule is O=CC1CCN(S(=O)(=O)c2cccc(F)c2)CC1. The van der Waals surface area contributed by atoms with Gasteiger partial charge in [0.15, 0.2) is 0 Å². The average Bonchev–Trinajstić information content (AvgIpc) is 2.39. The first-order valence-electron chi connectivity index (χ1n) is 5.75. The van der Waals surface area contributed by atoms with E-state index in [0.29, 0.717) is 25.9 Å². The molecule has 0 N–H and O–H groups in total. The monoisotopic (exact) mass is 271 g/mol. The van der Waals surface area contributed by atoms with Gasteiger partial charge in [0.25, 0.3) is 0 Å². The largest absolute Gasteiger partial charge is 0.303 e. The van der Waals surface area contributed by atoms with Gasteiger partial charge in [-0.1, -0.05) is 6.07 Å². The van der Waals surface area contributed by atoms with Gasteiger partial charge in [-0.2, -0.15) is 4.31 Å². The summed E-state index contributed by atoms with van der Waals surface area (Å²) >= 11 is 0. The average molecular weight is 271 g/mol. The number of carbonyl (C=O) groups is 1. The van der Waals surface area contributed by atoms with Crippen molar-refractivity contribution >= 4 is 16.3 Å². The van der Waals surface area contributed by atoms with E-state index in [4.69, 9.17) is 0 Å². The van der Waals surface area contributed by atoms with Crippen molar-refractivity contribution in [2.45, 2.75) is 17.7 Å². The molecule has 1 aromatic carbocycles. The Morgan fingerprint density at radius 2 is 1.94 bits per heavy atom. The highest BCUT2D eigenvalue weighted by Crippen LogP contribution is 2.23. The number of hydrogen-bond donors (Lipinski definition) is 0. The Hall–Kier alpha value is -1.27. The molecular weight excluding hydrogens is 257 g/mol. The van der Waals surface area contributed by atoms with Crippen LogP contribution in [0.4, 0.5) is 4.39 Å². The maximum absolute atomic E-state index is 13.1. The molecule has 18 heavy (non-hydrogen) atoms. The summed E-state index contributed by atoms with van der Waals surface area (Å²) in [6.07, 6.45) is 1.92. The van der Waals surface area contributed by atoms with Crippen molar-refractivity contribution in [1.82, 2.24) is 4.31 Å². The molecule has 4 nitrogen and oxygen atoms in total. The molecule has 0 bridgehead atoms. The molecule has 0 aromatic heterocycles. The van der Waals surface area contributed by atoms with E-state index in [-0.39, 0.29) is 10.8 Å². The van der Waals surface area contributed by atoms with E-state index < -0.39 is 15.8 Å². The first-order chi connectivity index (χ1) is 8.54. The first-order valence-corrected chi connectivity index (χ1v) is 7.19. The molecule has 1 aliphatic rings. The van der Waals surface area contributed by atoms with Gasteiger partial charge in [0.1, 0.15) is 12.1 Å². The van der Waals surface area contributed by atoms with Crippen molar-refractivity contribution in [2.75, 3.05) is 13.1 Å². The molecule has 1 fully saturated rings. The van der Waals surface area contributed by atoms with Crippen LogP contribution in [-0.2, 0) is 14.8 Å². The normalized spacial score (nSPS) is 18.7. The summed E-state index contributed by atoms with van der Waals surface area (Å²) in [4.78, 5) is 10.6. The zero-order valence-corrected chi connectivity index (χ0v) is 10.6. The highest BCUT2D eigenvalue weighted by molar-refractivity contribution is 7.89. The van der Waals surface area contributed by atoms with Gasteiger partial charge in [0.2, 0.25) is 10.0 Å². The Morgan fingerprint density at radius 3 is 2.50 bits per heavy atom. The second kappa shape index (κ2) is 5.16. The lowest BCUT2D eigenvalue weighted by Crippen LogP contribution is -2.38. The number of aldehydes is 1. The van der Waals surface area contributed by atoms with Crippen LogP contribution >= 0.6 is 0 Å². The van der Waals surface area contributed by atoms with E-state index in [2.05, 4.69) is 0 Å². The molecule has 1 saturated heterocycles. The second-order valence-corrected chi connectivity index (χ2v) is 6.27. The quantitative estimate of drug-likeness (QED) is 0.781. The van der Waals surface area contributed by atoms with Gasteiger partial charge in [-0.15, -0.1) is 0 Å². The van der Waals surface area contributed by atoms with E-state index in [1.54, 1.807) is 0 Å². The van der Waals surface area contributed by atoms with Crippen LogP contribution in [0.2, 0.25) is 0 Å². The Labute approximate surface area is 105 Å². The molecule has 1 aromatic rings. The molecule has 0 radical (unpaired) electrons. The number of halogens is 1. The lowest BCUT2D eigenvalue weighted by Gasteiger charge is -2.28. The van der Waals surface area contributed by atoms with Crippen LogP contribution in [0.15, 0.2) is 29.2 Å². The maximum Gasteiger partial charge on any atom is 0.243 e. The fourth-order valence-electron chi connectivity index (χ4n) is 2.03. The molecule has 98 valence electrons. The molecule has 6 heteroatoms. The highest BCUT2D eigenvalue weighted by Gasteiger charge is 2.29. The van der Waals surface area contributed by atoms with E-state index in [9.17, 15) is 17.6 Å². The first kappa shape index (κ1) is 13.2. The predicted molar refractivity (Wildman–Crippen MR) is 63.9 cm³/mol. The topological polar surface area (TPSA) is 54.5 Å². The van der Waals surface area contributed by atoms with Crippen LogP contribution in [0.1, 0.15) is 12.8 Å². The molecule has 1 heterocycles. The molecule has 2 rings (SSSR count). The molecule has 0 spiro atoms. The van der Waals surface area contributed by atoms with Gasteiger partial charge in [0.05, 0.1) is 4.90 Å². The number of carbonyl (C=O) groups excluding carboxylic acids is 1. The highest BCUT2D eigenvalue weighted by atomic mass is 32.2. The third kappa shape index (κ3) is 2.59. The minimum absolute atomic E-state index is 0.0351. The number of piperidine rings is 1. The van der Waals surface area contributed by atoms with Crippen LogP contribution in [-0.4, -0.2) is 32.1 Å². The molecular formula is C12H14FNO3S.